The lowest BCUT2D eigenvalue weighted by Crippen LogP contribution is -2.56. The molecular formula is C21H34N4O8. The summed E-state index contributed by atoms with van der Waals surface area (Å²) in [6, 6.07) is -3.61. The molecule has 0 saturated carbocycles. The van der Waals surface area contributed by atoms with E-state index >= 15 is 0 Å². The van der Waals surface area contributed by atoms with Gasteiger partial charge in [0.15, 0.2) is 6.10 Å². The van der Waals surface area contributed by atoms with E-state index in [1.807, 2.05) is 0 Å². The highest BCUT2D eigenvalue weighted by atomic mass is 16.6. The molecule has 3 N–H and O–H groups in total. The van der Waals surface area contributed by atoms with Crippen LogP contribution in [-0.2, 0) is 38.2 Å². The first-order chi connectivity index (χ1) is 15.4. The van der Waals surface area contributed by atoms with Crippen molar-refractivity contribution in [3.8, 4) is 0 Å². The van der Waals surface area contributed by atoms with Gasteiger partial charge in [-0.2, -0.15) is 0 Å². The fraction of sp³-hybridized carbons (Fsp3) is 0.714. The van der Waals surface area contributed by atoms with Crippen LogP contribution in [-0.4, -0.2) is 83.9 Å². The Balaban J connectivity index is 2.68. The third kappa shape index (κ3) is 8.35. The molecule has 1 fully saturated rings. The quantitative estimate of drug-likeness (QED) is 0.343. The molecule has 0 unspecified atom stereocenters. The zero-order chi connectivity index (χ0) is 25.3. The van der Waals surface area contributed by atoms with E-state index < -0.39 is 59.9 Å². The van der Waals surface area contributed by atoms with E-state index in [-0.39, 0.29) is 12.5 Å². The van der Waals surface area contributed by atoms with Crippen LogP contribution in [0.1, 0.15) is 54.4 Å². The van der Waals surface area contributed by atoms with E-state index in [0.717, 1.165) is 0 Å². The lowest BCUT2D eigenvalue weighted by atomic mass is 10.1. The highest BCUT2D eigenvalue weighted by molar-refractivity contribution is 5.95. The maximum atomic E-state index is 12.8. The molecule has 4 amide bonds. The minimum atomic E-state index is -1.12. The number of ether oxygens (including phenoxy) is 2. The maximum absolute atomic E-state index is 12.8. The summed E-state index contributed by atoms with van der Waals surface area (Å²) in [5, 5.41) is 7.47. The second kappa shape index (κ2) is 12.8. The summed E-state index contributed by atoms with van der Waals surface area (Å²) in [4.78, 5) is 74.0. The number of carbonyl (C=O) groups is 6. The molecule has 0 aromatic rings. The fourth-order valence-corrected chi connectivity index (χ4v) is 3.27. The highest BCUT2D eigenvalue weighted by Gasteiger charge is 2.37. The van der Waals surface area contributed by atoms with Crippen molar-refractivity contribution in [3.05, 3.63) is 0 Å². The van der Waals surface area contributed by atoms with Gasteiger partial charge in [0, 0.05) is 13.5 Å². The van der Waals surface area contributed by atoms with Gasteiger partial charge in [0.25, 0.3) is 0 Å². The normalized spacial score (nSPS) is 18.8. The number of carbonyl (C=O) groups excluding carboxylic acids is 6. The van der Waals surface area contributed by atoms with Gasteiger partial charge < -0.3 is 30.3 Å². The van der Waals surface area contributed by atoms with Crippen LogP contribution in [0.15, 0.2) is 0 Å². The van der Waals surface area contributed by atoms with Crippen molar-refractivity contribution in [2.45, 2.75) is 84.7 Å². The van der Waals surface area contributed by atoms with Gasteiger partial charge in [-0.05, 0) is 47.5 Å². The predicted molar refractivity (Wildman–Crippen MR) is 115 cm³/mol. The molecule has 1 rings (SSSR count). The number of nitrogens with one attached hydrogen (secondary N) is 3. The van der Waals surface area contributed by atoms with Crippen molar-refractivity contribution in [3.63, 3.8) is 0 Å². The van der Waals surface area contributed by atoms with Gasteiger partial charge >= 0.3 is 11.9 Å². The van der Waals surface area contributed by atoms with Crippen molar-refractivity contribution in [1.82, 2.24) is 20.9 Å². The maximum Gasteiger partial charge on any atom is 0.347 e. The first-order valence-electron chi connectivity index (χ1n) is 10.9. The Morgan fingerprint density at radius 3 is 2.12 bits per heavy atom. The van der Waals surface area contributed by atoms with Crippen molar-refractivity contribution < 1.29 is 38.2 Å². The SMILES string of the molecule is CCOC(=O)[C@H](C)OC(=O)[C@H](C)NC(=O)[C@@H]1CCCN1C(=O)[C@H](C)NC(=O)[C@H](C)NC(C)=O. The van der Waals surface area contributed by atoms with Gasteiger partial charge in [0.1, 0.15) is 24.2 Å². The average molecular weight is 471 g/mol. The molecule has 1 aliphatic heterocycles. The molecule has 0 radical (unpaired) electrons. The largest absolute Gasteiger partial charge is 0.463 e. The lowest BCUT2D eigenvalue weighted by molar-refractivity contribution is -0.167. The summed E-state index contributed by atoms with van der Waals surface area (Å²) < 4.78 is 9.78. The standard InChI is InChI=1S/C21H34N4O8/c1-7-32-21(31)14(5)33-20(30)13(4)24-18(28)16-9-8-10-25(16)19(29)12(3)23-17(27)11(2)22-15(6)26/h11-14,16H,7-10H2,1-6H3,(H,22,26)(H,23,27)(H,24,28)/t11-,12-,13-,14-,16-/m0/s1. The summed E-state index contributed by atoms with van der Waals surface area (Å²) >= 11 is 0. The average Bonchev–Trinajstić information content (AvgIpc) is 3.22. The summed E-state index contributed by atoms with van der Waals surface area (Å²) in [6.07, 6.45) is -0.154. The minimum absolute atomic E-state index is 0.142. The van der Waals surface area contributed by atoms with E-state index in [1.54, 1.807) is 6.92 Å². The highest BCUT2D eigenvalue weighted by Crippen LogP contribution is 2.19. The fourth-order valence-electron chi connectivity index (χ4n) is 3.27. The topological polar surface area (TPSA) is 160 Å². The number of amides is 4. The molecule has 33 heavy (non-hydrogen) atoms. The van der Waals surface area contributed by atoms with Crippen LogP contribution < -0.4 is 16.0 Å². The Hall–Kier alpha value is -3.18. The molecule has 0 aromatic heterocycles. The Kier molecular flexibility index (Phi) is 10.8. The Morgan fingerprint density at radius 1 is 0.909 bits per heavy atom. The number of esters is 2. The Morgan fingerprint density at radius 2 is 1.55 bits per heavy atom. The van der Waals surface area contributed by atoms with Gasteiger partial charge in [0.05, 0.1) is 6.61 Å². The molecular weight excluding hydrogens is 436 g/mol. The number of hydrogen-bond donors (Lipinski definition) is 3. The molecule has 0 spiro atoms. The number of hydrogen-bond acceptors (Lipinski definition) is 8. The van der Waals surface area contributed by atoms with Crippen LogP contribution in [0.3, 0.4) is 0 Å². The van der Waals surface area contributed by atoms with E-state index in [2.05, 4.69) is 16.0 Å². The van der Waals surface area contributed by atoms with Crippen LogP contribution in [0.4, 0.5) is 0 Å². The second-order valence-electron chi connectivity index (χ2n) is 7.90. The molecule has 12 nitrogen and oxygen atoms in total. The van der Waals surface area contributed by atoms with E-state index in [9.17, 15) is 28.8 Å². The van der Waals surface area contributed by atoms with Crippen LogP contribution in [0.2, 0.25) is 0 Å². The molecule has 1 aliphatic rings. The van der Waals surface area contributed by atoms with Gasteiger partial charge in [-0.1, -0.05) is 0 Å². The summed E-state index contributed by atoms with van der Waals surface area (Å²) in [5.41, 5.74) is 0. The zero-order valence-corrected chi connectivity index (χ0v) is 19.9. The summed E-state index contributed by atoms with van der Waals surface area (Å²) in [6.45, 7) is 9.12. The Bertz CT molecular complexity index is 771. The number of rotatable bonds is 10. The van der Waals surface area contributed by atoms with Crippen LogP contribution >= 0.6 is 0 Å². The zero-order valence-electron chi connectivity index (χ0n) is 19.9. The molecule has 12 heteroatoms. The monoisotopic (exact) mass is 470 g/mol. The Labute approximate surface area is 193 Å². The van der Waals surface area contributed by atoms with Gasteiger partial charge in [-0.3, -0.25) is 19.2 Å². The van der Waals surface area contributed by atoms with Gasteiger partial charge in [0.2, 0.25) is 23.6 Å². The number of likely N-dealkylation sites (tertiary alicyclic amines) is 1. The van der Waals surface area contributed by atoms with E-state index in [1.165, 1.54) is 39.5 Å². The first-order valence-corrected chi connectivity index (χ1v) is 10.9. The van der Waals surface area contributed by atoms with Crippen LogP contribution in [0, 0.1) is 0 Å². The second-order valence-corrected chi connectivity index (χ2v) is 7.90. The smallest absolute Gasteiger partial charge is 0.347 e. The third-order valence-electron chi connectivity index (χ3n) is 5.00. The van der Waals surface area contributed by atoms with Crippen LogP contribution in [0.5, 0.6) is 0 Å². The molecule has 1 saturated heterocycles. The molecule has 186 valence electrons. The third-order valence-corrected chi connectivity index (χ3v) is 5.00. The summed E-state index contributed by atoms with van der Waals surface area (Å²) in [5.74, 6) is -3.41. The molecule has 1 heterocycles. The number of nitrogens with zero attached hydrogens (tertiary/aromatic N) is 1. The van der Waals surface area contributed by atoms with Crippen molar-refractivity contribution >= 4 is 35.6 Å². The van der Waals surface area contributed by atoms with E-state index in [0.29, 0.717) is 19.4 Å². The minimum Gasteiger partial charge on any atom is -0.463 e. The first kappa shape index (κ1) is 27.9. The van der Waals surface area contributed by atoms with Gasteiger partial charge in [-0.15, -0.1) is 0 Å². The molecule has 0 aromatic carbocycles. The van der Waals surface area contributed by atoms with Crippen molar-refractivity contribution in [2.75, 3.05) is 13.2 Å². The molecule has 0 aliphatic carbocycles. The summed E-state index contributed by atoms with van der Waals surface area (Å²) in [7, 11) is 0. The molecule has 0 bridgehead atoms. The van der Waals surface area contributed by atoms with Crippen molar-refractivity contribution in [1.29, 1.82) is 0 Å². The lowest BCUT2D eigenvalue weighted by Gasteiger charge is -2.28. The van der Waals surface area contributed by atoms with Crippen molar-refractivity contribution in [2.24, 2.45) is 0 Å². The predicted octanol–water partition coefficient (Wildman–Crippen LogP) is -0.994. The molecule has 5 atom stereocenters. The van der Waals surface area contributed by atoms with E-state index in [4.69, 9.17) is 9.47 Å². The van der Waals surface area contributed by atoms with Gasteiger partial charge in [-0.25, -0.2) is 9.59 Å². The van der Waals surface area contributed by atoms with Crippen LogP contribution in [0.25, 0.3) is 0 Å².